The lowest BCUT2D eigenvalue weighted by molar-refractivity contribution is 0.159. The number of benzene rings is 1. The van der Waals surface area contributed by atoms with Gasteiger partial charge in [0.25, 0.3) is 0 Å². The van der Waals surface area contributed by atoms with Crippen molar-refractivity contribution >= 4 is 5.96 Å². The Hall–Kier alpha value is -1.62. The van der Waals surface area contributed by atoms with Crippen LogP contribution in [0.15, 0.2) is 29.3 Å². The molecule has 5 heteroatoms. The number of nitrogens with zero attached hydrogens (tertiary/aromatic N) is 3. The normalized spacial score (nSPS) is 19.3. The van der Waals surface area contributed by atoms with Crippen LogP contribution >= 0.6 is 0 Å². The first-order chi connectivity index (χ1) is 12.0. The predicted octanol–water partition coefficient (Wildman–Crippen LogP) is 3.20. The van der Waals surface area contributed by atoms with E-state index in [9.17, 15) is 4.39 Å². The van der Waals surface area contributed by atoms with Gasteiger partial charge in [0.2, 0.25) is 0 Å². The maximum atomic E-state index is 13.0. The zero-order chi connectivity index (χ0) is 18.2. The summed E-state index contributed by atoms with van der Waals surface area (Å²) in [4.78, 5) is 9.07. The van der Waals surface area contributed by atoms with E-state index in [1.165, 1.54) is 44.6 Å². The van der Waals surface area contributed by atoms with Crippen LogP contribution in [0.3, 0.4) is 0 Å². The van der Waals surface area contributed by atoms with Crippen LogP contribution in [-0.2, 0) is 6.54 Å². The zero-order valence-electron chi connectivity index (χ0n) is 16.1. The Morgan fingerprint density at radius 3 is 2.72 bits per heavy atom. The third-order valence-electron chi connectivity index (χ3n) is 4.68. The van der Waals surface area contributed by atoms with Crippen molar-refractivity contribution in [2.24, 2.45) is 16.8 Å². The molecule has 0 spiro atoms. The van der Waals surface area contributed by atoms with Gasteiger partial charge in [-0.1, -0.05) is 26.0 Å². The summed E-state index contributed by atoms with van der Waals surface area (Å²) >= 11 is 0. The topological polar surface area (TPSA) is 30.9 Å². The highest BCUT2D eigenvalue weighted by Crippen LogP contribution is 2.17. The second kappa shape index (κ2) is 9.76. The molecule has 1 atom stereocenters. The van der Waals surface area contributed by atoms with E-state index in [1.807, 2.05) is 26.2 Å². The summed E-state index contributed by atoms with van der Waals surface area (Å²) in [7, 11) is 3.83. The van der Waals surface area contributed by atoms with Crippen LogP contribution in [0.1, 0.15) is 32.3 Å². The van der Waals surface area contributed by atoms with Gasteiger partial charge >= 0.3 is 0 Å². The molecule has 25 heavy (non-hydrogen) atoms. The van der Waals surface area contributed by atoms with Gasteiger partial charge in [-0.15, -0.1) is 0 Å². The first kappa shape index (κ1) is 19.7. The number of piperidine rings is 1. The van der Waals surface area contributed by atoms with Crippen molar-refractivity contribution in [1.29, 1.82) is 0 Å². The molecule has 140 valence electrons. The van der Waals surface area contributed by atoms with Crippen LogP contribution in [0.2, 0.25) is 0 Å². The molecule has 0 aliphatic carbocycles. The van der Waals surface area contributed by atoms with Crippen molar-refractivity contribution < 1.29 is 4.39 Å². The number of aliphatic imine (C=N–C) groups is 1. The van der Waals surface area contributed by atoms with Crippen molar-refractivity contribution in [2.75, 3.05) is 40.3 Å². The number of hydrogen-bond acceptors (Lipinski definition) is 2. The SMILES string of the molecule is CN=C(NCC1CCCN(CC(C)C)C1)N(C)Cc1ccc(F)cc1. The number of nitrogens with one attached hydrogen (secondary N) is 1. The van der Waals surface area contributed by atoms with Crippen LogP contribution in [0.4, 0.5) is 4.39 Å². The molecule has 0 bridgehead atoms. The fourth-order valence-electron chi connectivity index (χ4n) is 3.56. The summed E-state index contributed by atoms with van der Waals surface area (Å²) in [5, 5.41) is 3.52. The fraction of sp³-hybridized carbons (Fsp3) is 0.650. The largest absolute Gasteiger partial charge is 0.356 e. The third kappa shape index (κ3) is 6.65. The van der Waals surface area contributed by atoms with E-state index in [0.717, 1.165) is 24.0 Å². The second-order valence-corrected chi connectivity index (χ2v) is 7.57. The van der Waals surface area contributed by atoms with Gasteiger partial charge in [-0.2, -0.15) is 0 Å². The lowest BCUT2D eigenvalue weighted by atomic mass is 9.97. The van der Waals surface area contributed by atoms with Crippen LogP contribution in [0, 0.1) is 17.7 Å². The predicted molar refractivity (Wildman–Crippen MR) is 103 cm³/mol. The van der Waals surface area contributed by atoms with Crippen LogP contribution in [0.5, 0.6) is 0 Å². The lowest BCUT2D eigenvalue weighted by Gasteiger charge is -2.34. The molecule has 1 heterocycles. The maximum absolute atomic E-state index is 13.0. The van der Waals surface area contributed by atoms with E-state index >= 15 is 0 Å². The molecule has 1 aliphatic rings. The minimum absolute atomic E-state index is 0.197. The van der Waals surface area contributed by atoms with Crippen LogP contribution in [-0.4, -0.2) is 56.0 Å². The monoisotopic (exact) mass is 348 g/mol. The molecule has 1 unspecified atom stereocenters. The molecule has 1 aromatic carbocycles. The second-order valence-electron chi connectivity index (χ2n) is 7.57. The molecule has 0 amide bonds. The molecule has 1 saturated heterocycles. The van der Waals surface area contributed by atoms with Crippen molar-refractivity contribution in [3.05, 3.63) is 35.6 Å². The molecule has 0 saturated carbocycles. The minimum atomic E-state index is -0.197. The number of hydrogen-bond donors (Lipinski definition) is 1. The van der Waals surface area contributed by atoms with Gasteiger partial charge in [0.1, 0.15) is 5.82 Å². The van der Waals surface area contributed by atoms with Gasteiger partial charge in [0.15, 0.2) is 5.96 Å². The number of likely N-dealkylation sites (tertiary alicyclic amines) is 1. The maximum Gasteiger partial charge on any atom is 0.193 e. The number of rotatable bonds is 6. The van der Waals surface area contributed by atoms with Crippen LogP contribution < -0.4 is 5.32 Å². The molecule has 4 nitrogen and oxygen atoms in total. The van der Waals surface area contributed by atoms with Gasteiger partial charge in [-0.25, -0.2) is 4.39 Å². The third-order valence-corrected chi connectivity index (χ3v) is 4.68. The summed E-state index contributed by atoms with van der Waals surface area (Å²) in [6.45, 7) is 9.83. The average molecular weight is 349 g/mol. The summed E-state index contributed by atoms with van der Waals surface area (Å²) < 4.78 is 13.0. The van der Waals surface area contributed by atoms with E-state index in [0.29, 0.717) is 12.5 Å². The molecule has 0 radical (unpaired) electrons. The standard InChI is InChI=1S/C20H33FN4/c1-16(2)13-25-11-5-6-18(15-25)12-23-20(22-3)24(4)14-17-7-9-19(21)10-8-17/h7-10,16,18H,5-6,11-15H2,1-4H3,(H,22,23). The Morgan fingerprint density at radius 2 is 2.08 bits per heavy atom. The molecule has 1 aromatic rings. The van der Waals surface area contributed by atoms with Crippen molar-refractivity contribution in [1.82, 2.24) is 15.1 Å². The van der Waals surface area contributed by atoms with Gasteiger partial charge in [0.05, 0.1) is 0 Å². The first-order valence-corrected chi connectivity index (χ1v) is 9.36. The van der Waals surface area contributed by atoms with E-state index in [1.54, 1.807) is 0 Å². The number of halogens is 1. The molecule has 1 aliphatic heterocycles. The lowest BCUT2D eigenvalue weighted by Crippen LogP contribution is -2.45. The molecule has 2 rings (SSSR count). The van der Waals surface area contributed by atoms with E-state index in [4.69, 9.17) is 0 Å². The molecular formula is C20H33FN4. The summed E-state index contributed by atoms with van der Waals surface area (Å²) in [6, 6.07) is 6.66. The highest BCUT2D eigenvalue weighted by molar-refractivity contribution is 5.79. The smallest absolute Gasteiger partial charge is 0.193 e. The molecule has 0 aromatic heterocycles. The first-order valence-electron chi connectivity index (χ1n) is 9.36. The summed E-state index contributed by atoms with van der Waals surface area (Å²) in [5.41, 5.74) is 1.08. The average Bonchev–Trinajstić information content (AvgIpc) is 2.57. The van der Waals surface area contributed by atoms with E-state index in [-0.39, 0.29) is 5.82 Å². The quantitative estimate of drug-likeness (QED) is 0.633. The highest BCUT2D eigenvalue weighted by Gasteiger charge is 2.21. The van der Waals surface area contributed by atoms with Gasteiger partial charge in [-0.3, -0.25) is 4.99 Å². The Balaban J connectivity index is 1.81. The Morgan fingerprint density at radius 1 is 1.36 bits per heavy atom. The Bertz CT molecular complexity index is 541. The Labute approximate surface area is 152 Å². The summed E-state index contributed by atoms with van der Waals surface area (Å²) in [6.07, 6.45) is 2.56. The van der Waals surface area contributed by atoms with E-state index in [2.05, 4.69) is 34.0 Å². The van der Waals surface area contributed by atoms with E-state index < -0.39 is 0 Å². The van der Waals surface area contributed by atoms with Crippen LogP contribution in [0.25, 0.3) is 0 Å². The number of guanidine groups is 1. The molecular weight excluding hydrogens is 315 g/mol. The summed E-state index contributed by atoms with van der Waals surface area (Å²) in [5.74, 6) is 2.09. The van der Waals surface area contributed by atoms with Crippen molar-refractivity contribution in [2.45, 2.75) is 33.2 Å². The van der Waals surface area contributed by atoms with Crippen molar-refractivity contribution in [3.63, 3.8) is 0 Å². The fourth-order valence-corrected chi connectivity index (χ4v) is 3.56. The van der Waals surface area contributed by atoms with Gasteiger partial charge < -0.3 is 15.1 Å². The van der Waals surface area contributed by atoms with Gasteiger partial charge in [-0.05, 0) is 48.9 Å². The highest BCUT2D eigenvalue weighted by atomic mass is 19.1. The van der Waals surface area contributed by atoms with Crippen molar-refractivity contribution in [3.8, 4) is 0 Å². The van der Waals surface area contributed by atoms with Gasteiger partial charge in [0, 0.05) is 40.3 Å². The Kier molecular flexibility index (Phi) is 7.69. The minimum Gasteiger partial charge on any atom is -0.356 e. The molecule has 1 fully saturated rings. The molecule has 1 N–H and O–H groups in total. The zero-order valence-corrected chi connectivity index (χ0v) is 16.1.